The molecule has 4 heteroatoms. The second kappa shape index (κ2) is 5.96. The van der Waals surface area contributed by atoms with E-state index in [-0.39, 0.29) is 5.91 Å². The van der Waals surface area contributed by atoms with E-state index < -0.39 is 0 Å². The number of rotatable bonds is 1. The quantitative estimate of drug-likeness (QED) is 0.734. The molecule has 128 valence electrons. The van der Waals surface area contributed by atoms with E-state index >= 15 is 0 Å². The van der Waals surface area contributed by atoms with E-state index in [0.29, 0.717) is 12.2 Å². The van der Waals surface area contributed by atoms with Gasteiger partial charge in [-0.1, -0.05) is 24.3 Å². The normalized spacial score (nSPS) is 14.5. The van der Waals surface area contributed by atoms with Crippen molar-refractivity contribution >= 4 is 22.5 Å². The van der Waals surface area contributed by atoms with Crippen LogP contribution in [-0.4, -0.2) is 35.9 Å². The largest absolute Gasteiger partial charge is 0.373 e. The van der Waals surface area contributed by atoms with Crippen molar-refractivity contribution in [1.82, 2.24) is 9.88 Å². The molecule has 1 N–H and O–H groups in total. The van der Waals surface area contributed by atoms with Crippen LogP contribution in [0, 0.1) is 13.8 Å². The fourth-order valence-corrected chi connectivity index (χ4v) is 3.75. The Kier molecular flexibility index (Phi) is 3.75. The van der Waals surface area contributed by atoms with E-state index in [1.165, 1.54) is 22.4 Å². The van der Waals surface area contributed by atoms with E-state index in [1.807, 2.05) is 17.0 Å². The number of para-hydroxylation sites is 1. The number of aromatic nitrogens is 1. The lowest BCUT2D eigenvalue weighted by molar-refractivity contribution is 0.0747. The maximum atomic E-state index is 13.1. The lowest BCUT2D eigenvalue weighted by Crippen LogP contribution is -2.34. The van der Waals surface area contributed by atoms with Gasteiger partial charge >= 0.3 is 0 Å². The highest BCUT2D eigenvalue weighted by molar-refractivity contribution is 5.99. The van der Waals surface area contributed by atoms with Gasteiger partial charge in [0.05, 0.1) is 0 Å². The fraction of sp³-hybridized carbons (Fsp3) is 0.286. The van der Waals surface area contributed by atoms with E-state index in [0.717, 1.165) is 24.0 Å². The average molecular weight is 333 g/mol. The number of hydrogen-bond donors (Lipinski definition) is 1. The van der Waals surface area contributed by atoms with Gasteiger partial charge in [0.1, 0.15) is 5.69 Å². The van der Waals surface area contributed by atoms with Gasteiger partial charge in [0, 0.05) is 43.3 Å². The summed E-state index contributed by atoms with van der Waals surface area (Å²) in [6.45, 7) is 6.37. The zero-order chi connectivity index (χ0) is 17.6. The number of aromatic amines is 1. The maximum absolute atomic E-state index is 13.1. The summed E-state index contributed by atoms with van der Waals surface area (Å²) in [6, 6.07) is 14.6. The number of likely N-dealkylation sites (N-methyl/N-ethyl adjacent to an activating group) is 1. The number of aryl methyl sites for hydroxylation is 2. The van der Waals surface area contributed by atoms with Crippen LogP contribution in [0.2, 0.25) is 0 Å². The number of H-pyrrole nitrogens is 1. The van der Waals surface area contributed by atoms with Gasteiger partial charge in [0.2, 0.25) is 0 Å². The van der Waals surface area contributed by atoms with Gasteiger partial charge in [-0.25, -0.2) is 0 Å². The number of nitrogens with one attached hydrogen (secondary N) is 1. The number of carbonyl (C=O) groups excluding carboxylic acids is 1. The molecule has 4 rings (SSSR count). The van der Waals surface area contributed by atoms with Crippen LogP contribution in [0.25, 0.3) is 10.9 Å². The van der Waals surface area contributed by atoms with E-state index in [2.05, 4.69) is 61.1 Å². The molecule has 2 heterocycles. The first-order valence-corrected chi connectivity index (χ1v) is 8.71. The van der Waals surface area contributed by atoms with Crippen molar-refractivity contribution < 1.29 is 4.79 Å². The molecule has 4 nitrogen and oxygen atoms in total. The third-order valence-corrected chi connectivity index (χ3v) is 5.08. The van der Waals surface area contributed by atoms with Crippen LogP contribution in [0.4, 0.5) is 5.69 Å². The summed E-state index contributed by atoms with van der Waals surface area (Å²) in [5.74, 6) is 0.0679. The molecule has 1 aliphatic rings. The van der Waals surface area contributed by atoms with Crippen LogP contribution >= 0.6 is 0 Å². The van der Waals surface area contributed by atoms with Crippen molar-refractivity contribution in [2.45, 2.75) is 20.4 Å². The standard InChI is InChI=1S/C21H23N3O/c1-14-10-15(2)17-12-19(22-18(17)11-14)21(25)24-9-8-23(3)20-7-5-4-6-16(20)13-24/h4-7,10-12,22H,8-9,13H2,1-3H3. The minimum Gasteiger partial charge on any atom is -0.373 e. The molecule has 1 aliphatic heterocycles. The predicted octanol–water partition coefficient (Wildman–Crippen LogP) is 3.88. The van der Waals surface area contributed by atoms with Crippen LogP contribution in [0.3, 0.4) is 0 Å². The van der Waals surface area contributed by atoms with E-state index in [9.17, 15) is 4.79 Å². The highest BCUT2D eigenvalue weighted by Crippen LogP contribution is 2.26. The number of benzene rings is 2. The van der Waals surface area contributed by atoms with Gasteiger partial charge in [-0.05, 0) is 48.7 Å². The Morgan fingerprint density at radius 1 is 1.08 bits per heavy atom. The Bertz CT molecular complexity index is 957. The van der Waals surface area contributed by atoms with Crippen molar-refractivity contribution in [3.63, 3.8) is 0 Å². The summed E-state index contributed by atoms with van der Waals surface area (Å²) < 4.78 is 0. The molecule has 0 saturated carbocycles. The molecule has 0 spiro atoms. The summed E-state index contributed by atoms with van der Waals surface area (Å²) in [4.78, 5) is 20.6. The summed E-state index contributed by atoms with van der Waals surface area (Å²) >= 11 is 0. The van der Waals surface area contributed by atoms with Gasteiger partial charge in [0.25, 0.3) is 5.91 Å². The first-order valence-electron chi connectivity index (χ1n) is 8.71. The zero-order valence-electron chi connectivity index (χ0n) is 15.0. The predicted molar refractivity (Wildman–Crippen MR) is 102 cm³/mol. The summed E-state index contributed by atoms with van der Waals surface area (Å²) in [7, 11) is 2.09. The molecule has 25 heavy (non-hydrogen) atoms. The third-order valence-electron chi connectivity index (χ3n) is 5.08. The number of amides is 1. The van der Waals surface area contributed by atoms with Crippen molar-refractivity contribution in [2.75, 3.05) is 25.0 Å². The van der Waals surface area contributed by atoms with Crippen LogP contribution in [-0.2, 0) is 6.54 Å². The SMILES string of the molecule is Cc1cc(C)c2cc(C(=O)N3CCN(C)c4ccccc4C3)[nH]c2c1. The minimum absolute atomic E-state index is 0.0679. The molecule has 0 radical (unpaired) electrons. The second-order valence-electron chi connectivity index (χ2n) is 7.00. The second-order valence-corrected chi connectivity index (χ2v) is 7.00. The number of carbonyl (C=O) groups is 1. The fourth-order valence-electron chi connectivity index (χ4n) is 3.75. The third kappa shape index (κ3) is 2.78. The maximum Gasteiger partial charge on any atom is 0.270 e. The first-order chi connectivity index (χ1) is 12.0. The lowest BCUT2D eigenvalue weighted by Gasteiger charge is -2.20. The molecule has 2 aromatic carbocycles. The number of nitrogens with zero attached hydrogens (tertiary/aromatic N) is 2. The van der Waals surface area contributed by atoms with Crippen molar-refractivity contribution in [1.29, 1.82) is 0 Å². The molecule has 0 aliphatic carbocycles. The monoisotopic (exact) mass is 333 g/mol. The van der Waals surface area contributed by atoms with E-state index in [1.54, 1.807) is 0 Å². The smallest absolute Gasteiger partial charge is 0.270 e. The first kappa shape index (κ1) is 15.8. The molecule has 0 bridgehead atoms. The Labute approximate surface area is 148 Å². The number of fused-ring (bicyclic) bond motifs is 2. The minimum atomic E-state index is 0.0679. The zero-order valence-corrected chi connectivity index (χ0v) is 15.0. The van der Waals surface area contributed by atoms with Crippen molar-refractivity contribution in [3.8, 4) is 0 Å². The summed E-state index contributed by atoms with van der Waals surface area (Å²) in [6.07, 6.45) is 0. The molecule has 1 amide bonds. The molecule has 0 unspecified atom stereocenters. The molecule has 0 fully saturated rings. The molecule has 0 saturated heterocycles. The Hall–Kier alpha value is -2.75. The number of anilines is 1. The molecular weight excluding hydrogens is 310 g/mol. The highest BCUT2D eigenvalue weighted by atomic mass is 16.2. The summed E-state index contributed by atoms with van der Waals surface area (Å²) in [5.41, 5.74) is 6.52. The van der Waals surface area contributed by atoms with Gasteiger partial charge in [-0.15, -0.1) is 0 Å². The van der Waals surface area contributed by atoms with Crippen LogP contribution < -0.4 is 4.90 Å². The highest BCUT2D eigenvalue weighted by Gasteiger charge is 2.23. The van der Waals surface area contributed by atoms with Gasteiger partial charge in [0.15, 0.2) is 0 Å². The average Bonchev–Trinajstić information content (AvgIpc) is 2.94. The molecule has 0 atom stereocenters. The van der Waals surface area contributed by atoms with Crippen molar-refractivity contribution in [2.24, 2.45) is 0 Å². The van der Waals surface area contributed by atoms with Crippen LogP contribution in [0.15, 0.2) is 42.5 Å². The van der Waals surface area contributed by atoms with Gasteiger partial charge < -0.3 is 14.8 Å². The topological polar surface area (TPSA) is 39.3 Å². The van der Waals surface area contributed by atoms with E-state index in [4.69, 9.17) is 0 Å². The Morgan fingerprint density at radius 3 is 2.72 bits per heavy atom. The molecular formula is C21H23N3O. The Morgan fingerprint density at radius 2 is 1.88 bits per heavy atom. The molecule has 3 aromatic rings. The Balaban J connectivity index is 1.68. The lowest BCUT2D eigenvalue weighted by atomic mass is 10.1. The summed E-state index contributed by atoms with van der Waals surface area (Å²) in [5, 5.41) is 1.13. The number of hydrogen-bond acceptors (Lipinski definition) is 2. The van der Waals surface area contributed by atoms with Crippen LogP contribution in [0.5, 0.6) is 0 Å². The van der Waals surface area contributed by atoms with Crippen LogP contribution in [0.1, 0.15) is 27.2 Å². The molecule has 1 aromatic heterocycles. The van der Waals surface area contributed by atoms with Gasteiger partial charge in [-0.2, -0.15) is 0 Å². The van der Waals surface area contributed by atoms with Gasteiger partial charge in [-0.3, -0.25) is 4.79 Å². The van der Waals surface area contributed by atoms with Crippen molar-refractivity contribution in [3.05, 3.63) is 64.8 Å².